The molecule has 0 radical (unpaired) electrons. The summed E-state index contributed by atoms with van der Waals surface area (Å²) in [5.74, 6) is 6.68. The van der Waals surface area contributed by atoms with Gasteiger partial charge in [0.15, 0.2) is 0 Å². The van der Waals surface area contributed by atoms with Crippen molar-refractivity contribution in [1.29, 1.82) is 0 Å². The monoisotopic (exact) mass is 267 g/mol. The van der Waals surface area contributed by atoms with E-state index in [2.05, 4.69) is 32.1 Å². The molecule has 0 atom stereocenters. The molecule has 0 saturated carbocycles. The third-order valence-corrected chi connectivity index (χ3v) is 2.57. The van der Waals surface area contributed by atoms with Crippen molar-refractivity contribution in [2.75, 3.05) is 43.1 Å². The van der Waals surface area contributed by atoms with Crippen LogP contribution in [0.3, 0.4) is 0 Å². The number of morpholine rings is 1. The van der Waals surface area contributed by atoms with Crippen molar-refractivity contribution < 1.29 is 4.74 Å². The maximum absolute atomic E-state index is 5.89. The molecule has 1 aliphatic heterocycles. The molecule has 1 N–H and O–H groups in total. The molecule has 1 saturated heterocycles. The number of aromatic nitrogens is 3. The first-order valence-corrected chi connectivity index (χ1v) is 6.05. The van der Waals surface area contributed by atoms with Crippen LogP contribution in [0.2, 0.25) is 5.28 Å². The average molecular weight is 268 g/mol. The molecular weight excluding hydrogens is 254 g/mol. The van der Waals surface area contributed by atoms with E-state index in [-0.39, 0.29) is 5.28 Å². The molecule has 2 heterocycles. The Morgan fingerprint density at radius 2 is 2.11 bits per heavy atom. The van der Waals surface area contributed by atoms with Crippen molar-refractivity contribution in [2.24, 2.45) is 0 Å². The number of hydrogen-bond acceptors (Lipinski definition) is 6. The van der Waals surface area contributed by atoms with Crippen LogP contribution in [-0.2, 0) is 4.74 Å². The molecule has 0 aliphatic carbocycles. The third kappa shape index (κ3) is 3.45. The van der Waals surface area contributed by atoms with Crippen LogP contribution in [0.15, 0.2) is 0 Å². The standard InChI is InChI=1S/C11H14ClN5O/c1-2-3-4-13-10-14-9(12)15-11(16-10)17-5-7-18-8-6-17/h4-8H2,1H3,(H,13,14,15,16). The van der Waals surface area contributed by atoms with E-state index in [4.69, 9.17) is 16.3 Å². The summed E-state index contributed by atoms with van der Waals surface area (Å²) in [7, 11) is 0. The van der Waals surface area contributed by atoms with Crippen LogP contribution < -0.4 is 10.2 Å². The summed E-state index contributed by atoms with van der Waals surface area (Å²) in [4.78, 5) is 14.5. The number of nitrogens with one attached hydrogen (secondary N) is 1. The van der Waals surface area contributed by atoms with E-state index in [1.807, 2.05) is 4.90 Å². The number of halogens is 1. The summed E-state index contributed by atoms with van der Waals surface area (Å²) in [6, 6.07) is 0. The van der Waals surface area contributed by atoms with E-state index >= 15 is 0 Å². The van der Waals surface area contributed by atoms with Crippen LogP contribution in [0.1, 0.15) is 6.92 Å². The molecule has 0 spiro atoms. The minimum Gasteiger partial charge on any atom is -0.378 e. The number of ether oxygens (including phenoxy) is 1. The highest BCUT2D eigenvalue weighted by atomic mass is 35.5. The van der Waals surface area contributed by atoms with Crippen LogP contribution in [0.4, 0.5) is 11.9 Å². The number of anilines is 2. The van der Waals surface area contributed by atoms with Crippen LogP contribution in [-0.4, -0.2) is 47.8 Å². The highest BCUT2D eigenvalue weighted by molar-refractivity contribution is 6.28. The van der Waals surface area contributed by atoms with Crippen molar-refractivity contribution in [2.45, 2.75) is 6.92 Å². The molecule has 1 aromatic heterocycles. The zero-order chi connectivity index (χ0) is 12.8. The predicted molar refractivity (Wildman–Crippen MR) is 69.8 cm³/mol. The summed E-state index contributed by atoms with van der Waals surface area (Å²) in [6.45, 7) is 5.13. The normalized spacial score (nSPS) is 14.9. The maximum atomic E-state index is 5.89. The Balaban J connectivity index is 2.11. The molecule has 0 amide bonds. The van der Waals surface area contributed by atoms with E-state index in [1.165, 1.54) is 0 Å². The minimum atomic E-state index is 0.179. The van der Waals surface area contributed by atoms with E-state index in [0.717, 1.165) is 13.1 Å². The van der Waals surface area contributed by atoms with Crippen LogP contribution in [0.5, 0.6) is 0 Å². The zero-order valence-electron chi connectivity index (χ0n) is 10.1. The molecule has 1 aliphatic rings. The summed E-state index contributed by atoms with van der Waals surface area (Å²) < 4.78 is 5.28. The van der Waals surface area contributed by atoms with Crippen molar-refractivity contribution in [3.63, 3.8) is 0 Å². The Bertz CT molecular complexity index is 464. The lowest BCUT2D eigenvalue weighted by atomic mass is 10.4. The van der Waals surface area contributed by atoms with Crippen molar-refractivity contribution in [3.8, 4) is 11.8 Å². The first-order valence-electron chi connectivity index (χ1n) is 5.67. The van der Waals surface area contributed by atoms with E-state index in [0.29, 0.717) is 31.7 Å². The topological polar surface area (TPSA) is 63.2 Å². The second-order valence-electron chi connectivity index (χ2n) is 3.61. The molecule has 0 aromatic carbocycles. The second-order valence-corrected chi connectivity index (χ2v) is 3.95. The molecule has 18 heavy (non-hydrogen) atoms. The molecule has 0 bridgehead atoms. The van der Waals surface area contributed by atoms with Crippen molar-refractivity contribution in [1.82, 2.24) is 15.0 Å². The predicted octanol–water partition coefficient (Wildman–Crippen LogP) is 0.797. The van der Waals surface area contributed by atoms with Gasteiger partial charge in [-0.05, 0) is 18.5 Å². The lowest BCUT2D eigenvalue weighted by Gasteiger charge is -2.26. The van der Waals surface area contributed by atoms with Crippen LogP contribution in [0, 0.1) is 11.8 Å². The van der Waals surface area contributed by atoms with Gasteiger partial charge in [-0.1, -0.05) is 5.92 Å². The third-order valence-electron chi connectivity index (χ3n) is 2.40. The Hall–Kier alpha value is -1.58. The molecule has 0 unspecified atom stereocenters. The van der Waals surface area contributed by atoms with E-state index < -0.39 is 0 Å². The van der Waals surface area contributed by atoms with Gasteiger partial charge in [-0.2, -0.15) is 15.0 Å². The number of nitrogens with zero attached hydrogens (tertiary/aromatic N) is 4. The fourth-order valence-corrected chi connectivity index (χ4v) is 1.69. The SMILES string of the molecule is CC#CCNc1nc(Cl)nc(N2CCOCC2)n1. The number of rotatable bonds is 3. The smallest absolute Gasteiger partial charge is 0.231 e. The molecule has 1 fully saturated rings. The van der Waals surface area contributed by atoms with Crippen LogP contribution >= 0.6 is 11.6 Å². The van der Waals surface area contributed by atoms with Gasteiger partial charge in [-0.15, -0.1) is 5.92 Å². The minimum absolute atomic E-state index is 0.179. The van der Waals surface area contributed by atoms with E-state index in [9.17, 15) is 0 Å². The highest BCUT2D eigenvalue weighted by Gasteiger charge is 2.15. The zero-order valence-corrected chi connectivity index (χ0v) is 10.9. The average Bonchev–Trinajstić information content (AvgIpc) is 2.39. The van der Waals surface area contributed by atoms with Gasteiger partial charge in [0.1, 0.15) is 0 Å². The lowest BCUT2D eigenvalue weighted by Crippen LogP contribution is -2.37. The van der Waals surface area contributed by atoms with Gasteiger partial charge in [0.25, 0.3) is 0 Å². The molecule has 96 valence electrons. The van der Waals surface area contributed by atoms with Crippen LogP contribution in [0.25, 0.3) is 0 Å². The summed E-state index contributed by atoms with van der Waals surface area (Å²) in [5, 5.41) is 3.17. The number of hydrogen-bond donors (Lipinski definition) is 1. The van der Waals surface area contributed by atoms with Gasteiger partial charge in [-0.3, -0.25) is 0 Å². The molecule has 6 nitrogen and oxygen atoms in total. The second kappa shape index (κ2) is 6.38. The fraction of sp³-hybridized carbons (Fsp3) is 0.545. The fourth-order valence-electron chi connectivity index (χ4n) is 1.54. The van der Waals surface area contributed by atoms with Crippen molar-refractivity contribution >= 4 is 23.5 Å². The molecular formula is C11H14ClN5O. The molecule has 7 heteroatoms. The van der Waals surface area contributed by atoms with Crippen molar-refractivity contribution in [3.05, 3.63) is 5.28 Å². The Labute approximate surface area is 111 Å². The Morgan fingerprint density at radius 3 is 2.83 bits per heavy atom. The summed E-state index contributed by atoms with van der Waals surface area (Å²) >= 11 is 5.89. The Morgan fingerprint density at radius 1 is 1.33 bits per heavy atom. The van der Waals surface area contributed by atoms with Gasteiger partial charge >= 0.3 is 0 Å². The van der Waals surface area contributed by atoms with Gasteiger partial charge in [0.2, 0.25) is 17.2 Å². The van der Waals surface area contributed by atoms with Gasteiger partial charge in [-0.25, -0.2) is 0 Å². The first kappa shape index (κ1) is 12.9. The first-order chi connectivity index (χ1) is 8.79. The maximum Gasteiger partial charge on any atom is 0.231 e. The molecule has 2 rings (SSSR count). The Kier molecular flexibility index (Phi) is 4.56. The van der Waals surface area contributed by atoms with E-state index in [1.54, 1.807) is 6.92 Å². The van der Waals surface area contributed by atoms with Gasteiger partial charge < -0.3 is 15.0 Å². The highest BCUT2D eigenvalue weighted by Crippen LogP contribution is 2.14. The van der Waals surface area contributed by atoms with Gasteiger partial charge in [0, 0.05) is 13.1 Å². The summed E-state index contributed by atoms with van der Waals surface area (Å²) in [6.07, 6.45) is 0. The van der Waals surface area contributed by atoms with Gasteiger partial charge in [0.05, 0.1) is 19.8 Å². The lowest BCUT2D eigenvalue weighted by molar-refractivity contribution is 0.122. The largest absolute Gasteiger partial charge is 0.378 e. The molecule has 1 aromatic rings. The quantitative estimate of drug-likeness (QED) is 0.818. The summed E-state index contributed by atoms with van der Waals surface area (Å²) in [5.41, 5.74) is 0.